The first-order valence-corrected chi connectivity index (χ1v) is 14.7. The van der Waals surface area contributed by atoms with Crippen LogP contribution in [0.4, 0.5) is 21.0 Å². The lowest BCUT2D eigenvalue weighted by Crippen LogP contribution is -2.53. The highest BCUT2D eigenvalue weighted by atomic mass is 16.2. The fourth-order valence-corrected chi connectivity index (χ4v) is 5.79. The molecule has 4 aliphatic rings. The zero-order valence-electron chi connectivity index (χ0n) is 26.1. The number of para-hydroxylation sites is 2. The fourth-order valence-electron chi connectivity index (χ4n) is 5.79. The molecule has 2 N–H and O–H groups in total. The van der Waals surface area contributed by atoms with E-state index in [1.807, 2.05) is 60.7 Å². The Kier molecular flexibility index (Phi) is 6.86. The van der Waals surface area contributed by atoms with Crippen molar-refractivity contribution in [1.29, 1.82) is 0 Å². The quantitative estimate of drug-likeness (QED) is 0.318. The standard InChI is InChI=1S/C34H26N8O6/c1-39-29(43)23(30(44)40(2)33(39)47)25-19-15-20-22(16-21(19)27(37-25)35-17-11-7-5-8-12-17)28(36-18-13-9-6-10-14-18)38-26(20)24-31(45)41(3)34(48)42(4)32(24)46/h5-16H,1-4H3,(H,35,37)(H,36,38). The summed E-state index contributed by atoms with van der Waals surface area (Å²) in [5.41, 5.74) is 2.28. The Morgan fingerprint density at radius 1 is 0.458 bits per heavy atom. The molecule has 4 aliphatic heterocycles. The molecule has 0 saturated carbocycles. The number of anilines is 2. The second-order valence-corrected chi connectivity index (χ2v) is 11.3. The van der Waals surface area contributed by atoms with E-state index in [0.29, 0.717) is 45.3 Å². The lowest BCUT2D eigenvalue weighted by molar-refractivity contribution is -0.136. The molecule has 8 amide bonds. The highest BCUT2D eigenvalue weighted by molar-refractivity contribution is 6.36. The molecule has 48 heavy (non-hydrogen) atoms. The summed E-state index contributed by atoms with van der Waals surface area (Å²) in [4.78, 5) is 91.8. The van der Waals surface area contributed by atoms with E-state index in [0.717, 1.165) is 19.6 Å². The smallest absolute Gasteiger partial charge is 0.333 e. The average molecular weight is 643 g/mol. The number of nitrogens with one attached hydrogen (secondary N) is 2. The van der Waals surface area contributed by atoms with Gasteiger partial charge in [-0.05, 0) is 36.4 Å². The number of rotatable bonds is 2. The van der Waals surface area contributed by atoms with Gasteiger partial charge in [0.25, 0.3) is 23.6 Å². The molecule has 0 atom stereocenters. The van der Waals surface area contributed by atoms with Crippen molar-refractivity contribution in [3.8, 4) is 0 Å². The molecule has 2 fully saturated rings. The molecule has 2 saturated heterocycles. The molecular weight excluding hydrogens is 616 g/mol. The minimum Gasteiger partial charge on any atom is -0.340 e. The average Bonchev–Trinajstić information content (AvgIpc) is 3.61. The second kappa shape index (κ2) is 11.0. The normalized spacial score (nSPS) is 17.8. The summed E-state index contributed by atoms with van der Waals surface area (Å²) in [5, 5.41) is 6.51. The number of urea groups is 2. The highest BCUT2D eigenvalue weighted by Gasteiger charge is 2.45. The first-order chi connectivity index (χ1) is 23.0. The van der Waals surface area contributed by atoms with Crippen molar-refractivity contribution in [2.45, 2.75) is 0 Å². The molecule has 4 heterocycles. The summed E-state index contributed by atoms with van der Waals surface area (Å²) in [7, 11) is 5.08. The van der Waals surface area contributed by atoms with Gasteiger partial charge in [0.15, 0.2) is 0 Å². The molecule has 3 aromatic rings. The number of barbiturate groups is 2. The second-order valence-electron chi connectivity index (χ2n) is 11.3. The number of nitrogens with zero attached hydrogens (tertiary/aromatic N) is 6. The third-order valence-electron chi connectivity index (χ3n) is 8.39. The minimum absolute atomic E-state index is 0.00744. The van der Waals surface area contributed by atoms with Crippen molar-refractivity contribution in [2.24, 2.45) is 9.98 Å². The number of amidine groups is 2. The lowest BCUT2D eigenvalue weighted by Gasteiger charge is -2.29. The number of benzene rings is 3. The zero-order chi connectivity index (χ0) is 34.0. The molecule has 238 valence electrons. The van der Waals surface area contributed by atoms with Crippen LogP contribution in [0.5, 0.6) is 0 Å². The van der Waals surface area contributed by atoms with Gasteiger partial charge in [0.2, 0.25) is 0 Å². The van der Waals surface area contributed by atoms with Crippen LogP contribution in [-0.4, -0.2) is 95.2 Å². The summed E-state index contributed by atoms with van der Waals surface area (Å²) in [5.74, 6) is -2.74. The van der Waals surface area contributed by atoms with Gasteiger partial charge >= 0.3 is 12.1 Å². The van der Waals surface area contributed by atoms with Gasteiger partial charge in [-0.1, -0.05) is 36.4 Å². The fraction of sp³-hybridized carbons (Fsp3) is 0.118. The van der Waals surface area contributed by atoms with Crippen LogP contribution in [0.3, 0.4) is 0 Å². The molecule has 0 spiro atoms. The Hall–Kier alpha value is -6.70. The number of hydrogen-bond donors (Lipinski definition) is 2. The minimum atomic E-state index is -0.838. The zero-order valence-corrected chi connectivity index (χ0v) is 26.1. The number of carbonyl (C=O) groups is 6. The van der Waals surface area contributed by atoms with Crippen molar-refractivity contribution in [1.82, 2.24) is 19.6 Å². The molecule has 7 rings (SSSR count). The molecule has 3 aromatic carbocycles. The van der Waals surface area contributed by atoms with Gasteiger partial charge in [-0.25, -0.2) is 19.6 Å². The first kappa shape index (κ1) is 30.0. The number of carbonyl (C=O) groups excluding carboxylic acids is 6. The maximum Gasteiger partial charge on any atom is 0.333 e. The molecule has 0 aromatic heterocycles. The number of aliphatic imine (C=N–C) groups is 2. The van der Waals surface area contributed by atoms with Crippen LogP contribution < -0.4 is 10.6 Å². The number of likely N-dealkylation sites (N-methyl/N-ethyl adjacent to an activating group) is 4. The van der Waals surface area contributed by atoms with Crippen molar-refractivity contribution in [2.75, 3.05) is 38.8 Å². The van der Waals surface area contributed by atoms with Crippen molar-refractivity contribution >= 4 is 70.1 Å². The van der Waals surface area contributed by atoms with Gasteiger partial charge in [-0.2, -0.15) is 0 Å². The lowest BCUT2D eigenvalue weighted by atomic mass is 9.93. The molecular formula is C34H26N8O6. The van der Waals surface area contributed by atoms with Crippen LogP contribution in [0.25, 0.3) is 11.4 Å². The Morgan fingerprint density at radius 2 is 0.771 bits per heavy atom. The van der Waals surface area contributed by atoms with E-state index in [1.165, 1.54) is 28.2 Å². The van der Waals surface area contributed by atoms with Crippen molar-refractivity contribution < 1.29 is 28.8 Å². The summed E-state index contributed by atoms with van der Waals surface area (Å²) < 4.78 is 0. The van der Waals surface area contributed by atoms with Crippen molar-refractivity contribution in [3.63, 3.8) is 0 Å². The summed E-state index contributed by atoms with van der Waals surface area (Å²) in [6, 6.07) is 20.0. The Bertz CT molecular complexity index is 1950. The van der Waals surface area contributed by atoms with Gasteiger partial charge in [0.05, 0.1) is 11.4 Å². The van der Waals surface area contributed by atoms with E-state index in [9.17, 15) is 28.8 Å². The van der Waals surface area contributed by atoms with E-state index in [-0.39, 0.29) is 22.5 Å². The van der Waals surface area contributed by atoms with Crippen LogP contribution in [0.2, 0.25) is 0 Å². The van der Waals surface area contributed by atoms with Gasteiger partial charge < -0.3 is 10.6 Å². The Balaban J connectivity index is 1.49. The monoisotopic (exact) mass is 642 g/mol. The van der Waals surface area contributed by atoms with Crippen LogP contribution in [-0.2, 0) is 19.2 Å². The van der Waals surface area contributed by atoms with E-state index in [1.54, 1.807) is 12.1 Å². The number of fused-ring (bicyclic) bond motifs is 2. The number of amides is 8. The summed E-state index contributed by atoms with van der Waals surface area (Å²) >= 11 is 0. The molecule has 0 radical (unpaired) electrons. The van der Waals surface area contributed by atoms with Gasteiger partial charge in [0, 0.05) is 61.8 Å². The van der Waals surface area contributed by atoms with Crippen LogP contribution >= 0.6 is 0 Å². The largest absolute Gasteiger partial charge is 0.340 e. The van der Waals surface area contributed by atoms with Gasteiger partial charge in [-0.15, -0.1) is 0 Å². The predicted molar refractivity (Wildman–Crippen MR) is 175 cm³/mol. The van der Waals surface area contributed by atoms with Gasteiger partial charge in [-0.3, -0.25) is 38.8 Å². The van der Waals surface area contributed by atoms with E-state index in [4.69, 9.17) is 9.98 Å². The molecule has 0 unspecified atom stereocenters. The van der Waals surface area contributed by atoms with E-state index < -0.39 is 35.7 Å². The van der Waals surface area contributed by atoms with Crippen LogP contribution in [0, 0.1) is 0 Å². The van der Waals surface area contributed by atoms with Gasteiger partial charge in [0.1, 0.15) is 22.8 Å². The maximum atomic E-state index is 13.5. The Labute approximate surface area is 273 Å². The van der Waals surface area contributed by atoms with Crippen LogP contribution in [0.1, 0.15) is 22.3 Å². The molecule has 0 bridgehead atoms. The Morgan fingerprint density at radius 3 is 1.10 bits per heavy atom. The topological polar surface area (TPSA) is 164 Å². The third-order valence-corrected chi connectivity index (χ3v) is 8.39. The SMILES string of the molecule is CN1C(=O)C(=C2N=C(Nc3ccccc3)c3cc4c(cc32)C(=C2C(=O)N(C)C(=O)N(C)C2=O)N=C4Nc2ccccc2)C(=O)N(C)C1=O. The summed E-state index contributed by atoms with van der Waals surface area (Å²) in [6.07, 6.45) is 0. The van der Waals surface area contributed by atoms with Crippen LogP contribution in [0.15, 0.2) is 93.9 Å². The predicted octanol–water partition coefficient (Wildman–Crippen LogP) is 2.95. The molecule has 14 heteroatoms. The highest BCUT2D eigenvalue weighted by Crippen LogP contribution is 2.42. The van der Waals surface area contributed by atoms with Crippen molar-refractivity contribution in [3.05, 3.63) is 106 Å². The summed E-state index contributed by atoms with van der Waals surface area (Å²) in [6.45, 7) is 0. The maximum absolute atomic E-state index is 13.5. The first-order valence-electron chi connectivity index (χ1n) is 14.7. The number of imide groups is 4. The third kappa shape index (κ3) is 4.49. The molecule has 14 nitrogen and oxygen atoms in total. The molecule has 0 aliphatic carbocycles. The van der Waals surface area contributed by atoms with E-state index in [2.05, 4.69) is 10.6 Å². The number of hydrogen-bond acceptors (Lipinski definition) is 10. The van der Waals surface area contributed by atoms with E-state index >= 15 is 0 Å².